The van der Waals surface area contributed by atoms with E-state index in [0.29, 0.717) is 19.0 Å². The molecule has 1 aliphatic heterocycles. The van der Waals surface area contributed by atoms with Crippen LogP contribution in [0.25, 0.3) is 6.08 Å². The standard InChI is InChI=1S/C20H23FN2O4S.ClH/c1-2-20(19-14-26-12-11-23-19)27-15-5-7-16(8-6-15)28(24,25)13-9-18-17(21)4-3-10-22-18;/h3-10,13,19-20,23H,2,11-12,14H2,1H3;1H/b13-9+;. The van der Waals surface area contributed by atoms with Gasteiger partial charge < -0.3 is 14.8 Å². The van der Waals surface area contributed by atoms with Crippen molar-refractivity contribution in [3.05, 3.63) is 59.5 Å². The normalized spacial score (nSPS) is 18.2. The van der Waals surface area contributed by atoms with E-state index in [4.69, 9.17) is 9.47 Å². The molecule has 0 spiro atoms. The monoisotopic (exact) mass is 442 g/mol. The van der Waals surface area contributed by atoms with Crippen molar-refractivity contribution in [3.8, 4) is 5.75 Å². The third-order valence-electron chi connectivity index (χ3n) is 4.43. The first kappa shape index (κ1) is 23.3. The van der Waals surface area contributed by atoms with Gasteiger partial charge in [-0.2, -0.15) is 0 Å². The Labute approximate surface area is 176 Å². The van der Waals surface area contributed by atoms with Gasteiger partial charge in [0.25, 0.3) is 0 Å². The minimum atomic E-state index is -3.72. The number of benzene rings is 1. The number of pyridine rings is 1. The molecule has 0 radical (unpaired) electrons. The van der Waals surface area contributed by atoms with Gasteiger partial charge in [0.05, 0.1) is 29.8 Å². The number of aromatic nitrogens is 1. The van der Waals surface area contributed by atoms with E-state index < -0.39 is 15.7 Å². The Morgan fingerprint density at radius 2 is 2.10 bits per heavy atom. The first-order chi connectivity index (χ1) is 13.5. The summed E-state index contributed by atoms with van der Waals surface area (Å²) in [5.74, 6) is 0.00142. The maximum Gasteiger partial charge on any atom is 0.199 e. The minimum absolute atomic E-state index is 0. The second-order valence-electron chi connectivity index (χ2n) is 6.39. The molecule has 2 heterocycles. The van der Waals surface area contributed by atoms with Gasteiger partial charge in [-0.1, -0.05) is 6.92 Å². The van der Waals surface area contributed by atoms with Crippen molar-refractivity contribution in [2.24, 2.45) is 0 Å². The molecule has 9 heteroatoms. The quantitative estimate of drug-likeness (QED) is 0.709. The van der Waals surface area contributed by atoms with Crippen molar-refractivity contribution in [1.82, 2.24) is 10.3 Å². The van der Waals surface area contributed by atoms with Gasteiger partial charge >= 0.3 is 0 Å². The van der Waals surface area contributed by atoms with E-state index in [2.05, 4.69) is 10.3 Å². The Hall–Kier alpha value is -2.00. The first-order valence-corrected chi connectivity index (χ1v) is 10.7. The van der Waals surface area contributed by atoms with E-state index in [0.717, 1.165) is 24.4 Å². The molecule has 3 rings (SSSR count). The molecule has 1 N–H and O–H groups in total. The van der Waals surface area contributed by atoms with Crippen LogP contribution in [0.15, 0.2) is 52.9 Å². The zero-order chi connectivity index (χ0) is 20.0. The van der Waals surface area contributed by atoms with Gasteiger partial charge in [0, 0.05) is 18.1 Å². The lowest BCUT2D eigenvalue weighted by atomic mass is 10.1. The van der Waals surface area contributed by atoms with E-state index >= 15 is 0 Å². The molecule has 0 amide bonds. The molecule has 158 valence electrons. The molecule has 1 aromatic heterocycles. The largest absolute Gasteiger partial charge is 0.489 e. The fourth-order valence-corrected chi connectivity index (χ4v) is 3.89. The average molecular weight is 443 g/mol. The molecule has 2 aromatic rings. The maximum atomic E-state index is 13.6. The van der Waals surface area contributed by atoms with Crippen LogP contribution in [0.4, 0.5) is 4.39 Å². The Morgan fingerprint density at radius 1 is 1.34 bits per heavy atom. The van der Waals surface area contributed by atoms with Crippen molar-refractivity contribution in [3.63, 3.8) is 0 Å². The van der Waals surface area contributed by atoms with Crippen LogP contribution in [-0.2, 0) is 14.6 Å². The van der Waals surface area contributed by atoms with E-state index in [1.54, 1.807) is 12.1 Å². The highest BCUT2D eigenvalue weighted by Gasteiger charge is 2.24. The molecule has 29 heavy (non-hydrogen) atoms. The predicted molar refractivity (Wildman–Crippen MR) is 111 cm³/mol. The smallest absolute Gasteiger partial charge is 0.199 e. The van der Waals surface area contributed by atoms with Crippen LogP contribution in [-0.4, -0.2) is 45.3 Å². The number of sulfone groups is 1. The summed E-state index contributed by atoms with van der Waals surface area (Å²) in [6.07, 6.45) is 3.27. The van der Waals surface area contributed by atoms with Crippen LogP contribution in [0.1, 0.15) is 19.0 Å². The molecule has 1 aromatic carbocycles. The van der Waals surface area contributed by atoms with Crippen LogP contribution in [0.2, 0.25) is 0 Å². The van der Waals surface area contributed by atoms with Crippen molar-refractivity contribution in [1.29, 1.82) is 0 Å². The van der Waals surface area contributed by atoms with Crippen LogP contribution in [0, 0.1) is 5.82 Å². The molecule has 1 aliphatic rings. The Bertz CT molecular complexity index is 916. The van der Waals surface area contributed by atoms with E-state index in [1.807, 2.05) is 6.92 Å². The van der Waals surface area contributed by atoms with Gasteiger partial charge in [0.15, 0.2) is 9.84 Å². The lowest BCUT2D eigenvalue weighted by Gasteiger charge is -2.31. The van der Waals surface area contributed by atoms with Crippen molar-refractivity contribution in [2.45, 2.75) is 30.4 Å². The summed E-state index contributed by atoms with van der Waals surface area (Å²) in [5.41, 5.74) is -0.0287. The highest BCUT2D eigenvalue weighted by Crippen LogP contribution is 2.21. The van der Waals surface area contributed by atoms with Crippen LogP contribution in [0.3, 0.4) is 0 Å². The summed E-state index contributed by atoms with van der Waals surface area (Å²) in [6.45, 7) is 4.08. The number of ether oxygens (including phenoxy) is 2. The number of nitrogens with zero attached hydrogens (tertiary/aromatic N) is 1. The van der Waals surface area contributed by atoms with Gasteiger partial charge in [0.1, 0.15) is 17.7 Å². The first-order valence-electron chi connectivity index (χ1n) is 9.11. The van der Waals surface area contributed by atoms with Crippen molar-refractivity contribution >= 4 is 28.3 Å². The highest BCUT2D eigenvalue weighted by atomic mass is 35.5. The molecule has 2 atom stereocenters. The predicted octanol–water partition coefficient (Wildman–Crippen LogP) is 3.23. The lowest BCUT2D eigenvalue weighted by molar-refractivity contribution is 0.0267. The van der Waals surface area contributed by atoms with Crippen LogP contribution >= 0.6 is 12.4 Å². The topological polar surface area (TPSA) is 77.5 Å². The van der Waals surface area contributed by atoms with Gasteiger partial charge in [0.2, 0.25) is 0 Å². The van der Waals surface area contributed by atoms with E-state index in [1.165, 1.54) is 30.5 Å². The summed E-state index contributed by atoms with van der Waals surface area (Å²) in [4.78, 5) is 3.91. The summed E-state index contributed by atoms with van der Waals surface area (Å²) >= 11 is 0. The lowest BCUT2D eigenvalue weighted by Crippen LogP contribution is -2.50. The number of halogens is 2. The molecule has 0 saturated carbocycles. The maximum absolute atomic E-state index is 13.6. The second kappa shape index (κ2) is 10.7. The minimum Gasteiger partial charge on any atom is -0.489 e. The van der Waals surface area contributed by atoms with Gasteiger partial charge in [-0.25, -0.2) is 12.8 Å². The summed E-state index contributed by atoms with van der Waals surface area (Å²) in [5, 5.41) is 4.32. The fraction of sp³-hybridized carbons (Fsp3) is 0.350. The molecule has 6 nitrogen and oxygen atoms in total. The molecule has 0 aliphatic carbocycles. The van der Waals surface area contributed by atoms with Gasteiger partial charge in [-0.05, 0) is 48.9 Å². The number of rotatable bonds is 7. The van der Waals surface area contributed by atoms with E-state index in [9.17, 15) is 12.8 Å². The van der Waals surface area contributed by atoms with Crippen LogP contribution < -0.4 is 10.1 Å². The zero-order valence-corrected chi connectivity index (χ0v) is 17.6. The number of nitrogens with one attached hydrogen (secondary N) is 1. The fourth-order valence-electron chi connectivity index (χ4n) is 2.91. The molecular weight excluding hydrogens is 419 g/mol. The Kier molecular flexibility index (Phi) is 8.58. The average Bonchev–Trinajstić information content (AvgIpc) is 2.72. The molecule has 2 unspecified atom stereocenters. The van der Waals surface area contributed by atoms with Gasteiger partial charge in [-0.3, -0.25) is 4.98 Å². The van der Waals surface area contributed by atoms with Crippen molar-refractivity contribution in [2.75, 3.05) is 19.8 Å². The number of morpholine rings is 1. The summed E-state index contributed by atoms with van der Waals surface area (Å²) < 4.78 is 50.0. The number of hydrogen-bond acceptors (Lipinski definition) is 6. The van der Waals surface area contributed by atoms with Crippen molar-refractivity contribution < 1.29 is 22.3 Å². The van der Waals surface area contributed by atoms with Crippen LogP contribution in [0.5, 0.6) is 5.75 Å². The summed E-state index contributed by atoms with van der Waals surface area (Å²) in [7, 11) is -3.72. The summed E-state index contributed by atoms with van der Waals surface area (Å²) in [6, 6.07) is 8.95. The molecule has 1 saturated heterocycles. The molecular formula is C20H24ClFN2O4S. The van der Waals surface area contributed by atoms with Gasteiger partial charge in [-0.15, -0.1) is 12.4 Å². The number of hydrogen-bond donors (Lipinski definition) is 1. The highest BCUT2D eigenvalue weighted by molar-refractivity contribution is 7.94. The zero-order valence-electron chi connectivity index (χ0n) is 16.0. The molecule has 1 fully saturated rings. The third kappa shape index (κ3) is 6.24. The Morgan fingerprint density at radius 3 is 2.72 bits per heavy atom. The SMILES string of the molecule is CCC(Oc1ccc(S(=O)(=O)/C=C/c2ncccc2F)cc1)C1COCCN1.Cl. The van der Waals surface area contributed by atoms with E-state index in [-0.39, 0.29) is 35.1 Å². The Balaban J connectivity index is 0.00000300. The molecule has 0 bridgehead atoms. The second-order valence-corrected chi connectivity index (χ2v) is 8.22. The third-order valence-corrected chi connectivity index (χ3v) is 5.86.